The summed E-state index contributed by atoms with van der Waals surface area (Å²) in [4.78, 5) is 22.7. The van der Waals surface area contributed by atoms with Gasteiger partial charge in [-0.05, 0) is 36.4 Å². The van der Waals surface area contributed by atoms with Crippen LogP contribution in [0.4, 0.5) is 11.4 Å². The summed E-state index contributed by atoms with van der Waals surface area (Å²) in [6, 6.07) is 14.2. The molecule has 0 aliphatic heterocycles. The van der Waals surface area contributed by atoms with Crippen molar-refractivity contribution in [2.24, 2.45) is 0 Å². The zero-order valence-electron chi connectivity index (χ0n) is 13.3. The lowest BCUT2D eigenvalue weighted by molar-refractivity contribution is -0.383. The standard InChI is InChI=1S/C17H13ClN4O4/c18-12-5-7-13(8-6-12)26-11-21-10-9-15(20-21)17(23)19-14-3-1-2-4-16(14)22(24)25/h1-10H,11H2,(H,19,23). The summed E-state index contributed by atoms with van der Waals surface area (Å²) in [5.41, 5.74) is 0.0312. The third-order valence-corrected chi connectivity index (χ3v) is 3.65. The molecule has 2 aromatic carbocycles. The number of hydrogen-bond donors (Lipinski definition) is 1. The number of amides is 1. The fourth-order valence-electron chi connectivity index (χ4n) is 2.15. The summed E-state index contributed by atoms with van der Waals surface area (Å²) in [6.07, 6.45) is 1.57. The third-order valence-electron chi connectivity index (χ3n) is 3.40. The summed E-state index contributed by atoms with van der Waals surface area (Å²) in [6.45, 7) is 0.0976. The molecule has 3 aromatic rings. The van der Waals surface area contributed by atoms with E-state index < -0.39 is 10.8 Å². The van der Waals surface area contributed by atoms with Gasteiger partial charge in [0.25, 0.3) is 11.6 Å². The van der Waals surface area contributed by atoms with E-state index in [9.17, 15) is 14.9 Å². The predicted octanol–water partition coefficient (Wildman–Crippen LogP) is 3.73. The van der Waals surface area contributed by atoms with Crippen LogP contribution in [0, 0.1) is 10.1 Å². The van der Waals surface area contributed by atoms with E-state index in [1.165, 1.54) is 28.9 Å². The Balaban J connectivity index is 1.65. The molecule has 0 saturated heterocycles. The summed E-state index contributed by atoms with van der Waals surface area (Å²) in [5, 5.41) is 18.2. The number of carbonyl (C=O) groups excluding carboxylic acids is 1. The van der Waals surface area contributed by atoms with Crippen molar-refractivity contribution in [2.75, 3.05) is 5.32 Å². The van der Waals surface area contributed by atoms with Crippen molar-refractivity contribution >= 4 is 28.9 Å². The van der Waals surface area contributed by atoms with E-state index >= 15 is 0 Å². The number of nitrogens with zero attached hydrogens (tertiary/aromatic N) is 3. The Kier molecular flexibility index (Phi) is 5.14. The Morgan fingerprint density at radius 2 is 1.92 bits per heavy atom. The van der Waals surface area contributed by atoms with Crippen molar-refractivity contribution in [3.8, 4) is 5.75 Å². The van der Waals surface area contributed by atoms with Crippen LogP contribution in [0.3, 0.4) is 0 Å². The quantitative estimate of drug-likeness (QED) is 0.525. The zero-order chi connectivity index (χ0) is 18.5. The number of nitrogens with one attached hydrogen (secondary N) is 1. The number of nitro benzene ring substituents is 1. The highest BCUT2D eigenvalue weighted by Crippen LogP contribution is 2.23. The molecule has 0 radical (unpaired) electrons. The van der Waals surface area contributed by atoms with Gasteiger partial charge in [-0.25, -0.2) is 4.68 Å². The zero-order valence-corrected chi connectivity index (χ0v) is 14.1. The minimum atomic E-state index is -0.561. The van der Waals surface area contributed by atoms with E-state index in [1.807, 2.05) is 0 Å². The van der Waals surface area contributed by atoms with Crippen LogP contribution in [0.15, 0.2) is 60.8 Å². The van der Waals surface area contributed by atoms with Crippen LogP contribution in [0.1, 0.15) is 10.5 Å². The smallest absolute Gasteiger partial charge is 0.292 e. The number of nitro groups is 1. The first kappa shape index (κ1) is 17.4. The molecule has 132 valence electrons. The molecular weight excluding hydrogens is 360 g/mol. The third kappa shape index (κ3) is 4.17. The van der Waals surface area contributed by atoms with Crippen molar-refractivity contribution in [2.45, 2.75) is 6.73 Å². The number of rotatable bonds is 6. The molecule has 1 heterocycles. The highest BCUT2D eigenvalue weighted by atomic mass is 35.5. The Labute approximate surface area is 153 Å². The molecule has 8 nitrogen and oxygen atoms in total. The van der Waals surface area contributed by atoms with Gasteiger partial charge in [-0.1, -0.05) is 23.7 Å². The van der Waals surface area contributed by atoms with Crippen molar-refractivity contribution < 1.29 is 14.5 Å². The maximum atomic E-state index is 12.2. The van der Waals surface area contributed by atoms with Crippen LogP contribution < -0.4 is 10.1 Å². The number of aromatic nitrogens is 2. The molecule has 0 unspecified atom stereocenters. The van der Waals surface area contributed by atoms with Gasteiger partial charge in [0.15, 0.2) is 12.4 Å². The van der Waals surface area contributed by atoms with Gasteiger partial charge in [0.05, 0.1) is 4.92 Å². The van der Waals surface area contributed by atoms with Gasteiger partial charge in [-0.2, -0.15) is 5.10 Å². The van der Waals surface area contributed by atoms with E-state index in [2.05, 4.69) is 10.4 Å². The molecule has 0 saturated carbocycles. The summed E-state index contributed by atoms with van der Waals surface area (Å²) in [7, 11) is 0. The molecule has 0 aliphatic carbocycles. The largest absolute Gasteiger partial charge is 0.471 e. The van der Waals surface area contributed by atoms with Gasteiger partial charge in [0.2, 0.25) is 0 Å². The molecule has 0 fully saturated rings. The minimum absolute atomic E-state index is 0.0976. The lowest BCUT2D eigenvalue weighted by Crippen LogP contribution is -2.15. The van der Waals surface area contributed by atoms with Gasteiger partial charge in [-0.3, -0.25) is 14.9 Å². The molecule has 0 spiro atoms. The van der Waals surface area contributed by atoms with E-state index in [1.54, 1.807) is 36.5 Å². The first-order valence-electron chi connectivity index (χ1n) is 7.49. The average molecular weight is 373 g/mol. The Bertz CT molecular complexity index is 940. The van der Waals surface area contributed by atoms with Crippen LogP contribution in [0.5, 0.6) is 5.75 Å². The van der Waals surface area contributed by atoms with Crippen LogP contribution in [-0.4, -0.2) is 20.6 Å². The highest BCUT2D eigenvalue weighted by molar-refractivity contribution is 6.30. The fourth-order valence-corrected chi connectivity index (χ4v) is 2.28. The van der Waals surface area contributed by atoms with Gasteiger partial charge < -0.3 is 10.1 Å². The van der Waals surface area contributed by atoms with Crippen LogP contribution in [0.2, 0.25) is 5.02 Å². The second-order valence-corrected chi connectivity index (χ2v) is 5.63. The molecular formula is C17H13ClN4O4. The van der Waals surface area contributed by atoms with Gasteiger partial charge in [-0.15, -0.1) is 0 Å². The molecule has 0 atom stereocenters. The first-order chi connectivity index (χ1) is 12.5. The monoisotopic (exact) mass is 372 g/mol. The second kappa shape index (κ2) is 7.66. The molecule has 3 rings (SSSR count). The van der Waals surface area contributed by atoms with Gasteiger partial charge >= 0.3 is 0 Å². The number of para-hydroxylation sites is 2. The lowest BCUT2D eigenvalue weighted by Gasteiger charge is -2.06. The molecule has 26 heavy (non-hydrogen) atoms. The summed E-state index contributed by atoms with van der Waals surface area (Å²) >= 11 is 5.80. The molecule has 0 bridgehead atoms. The molecule has 1 aromatic heterocycles. The molecule has 9 heteroatoms. The number of halogens is 1. The highest BCUT2D eigenvalue weighted by Gasteiger charge is 2.17. The van der Waals surface area contributed by atoms with E-state index in [-0.39, 0.29) is 23.8 Å². The molecule has 0 aliphatic rings. The SMILES string of the molecule is O=C(Nc1ccccc1[N+](=O)[O-])c1ccn(COc2ccc(Cl)cc2)n1. The van der Waals surface area contributed by atoms with E-state index in [4.69, 9.17) is 16.3 Å². The minimum Gasteiger partial charge on any atom is -0.471 e. The Morgan fingerprint density at radius 3 is 2.65 bits per heavy atom. The van der Waals surface area contributed by atoms with E-state index in [0.29, 0.717) is 10.8 Å². The van der Waals surface area contributed by atoms with Crippen molar-refractivity contribution in [1.82, 2.24) is 9.78 Å². The number of hydrogen-bond acceptors (Lipinski definition) is 5. The van der Waals surface area contributed by atoms with Crippen molar-refractivity contribution in [1.29, 1.82) is 0 Å². The average Bonchev–Trinajstić information content (AvgIpc) is 3.11. The fraction of sp³-hybridized carbons (Fsp3) is 0.0588. The van der Waals surface area contributed by atoms with Crippen molar-refractivity contribution in [3.63, 3.8) is 0 Å². The summed E-state index contributed by atoms with van der Waals surface area (Å²) in [5.74, 6) is 0.0559. The maximum Gasteiger partial charge on any atom is 0.292 e. The van der Waals surface area contributed by atoms with E-state index in [0.717, 1.165) is 0 Å². The number of anilines is 1. The second-order valence-electron chi connectivity index (χ2n) is 5.20. The van der Waals surface area contributed by atoms with Crippen LogP contribution in [-0.2, 0) is 6.73 Å². The number of ether oxygens (including phenoxy) is 1. The van der Waals surface area contributed by atoms with Crippen LogP contribution in [0.25, 0.3) is 0 Å². The predicted molar refractivity (Wildman–Crippen MR) is 95.4 cm³/mol. The van der Waals surface area contributed by atoms with Gasteiger partial charge in [0.1, 0.15) is 11.4 Å². The number of carbonyl (C=O) groups is 1. The first-order valence-corrected chi connectivity index (χ1v) is 7.87. The van der Waals surface area contributed by atoms with Crippen molar-refractivity contribution in [3.05, 3.63) is 81.6 Å². The topological polar surface area (TPSA) is 99.3 Å². The normalized spacial score (nSPS) is 10.3. The lowest BCUT2D eigenvalue weighted by atomic mass is 10.2. The summed E-state index contributed by atoms with van der Waals surface area (Å²) < 4.78 is 6.96. The van der Waals surface area contributed by atoms with Crippen LogP contribution >= 0.6 is 11.6 Å². The molecule has 1 N–H and O–H groups in total. The maximum absolute atomic E-state index is 12.2. The number of benzene rings is 2. The molecule has 1 amide bonds. The Hall–Kier alpha value is -3.39. The Morgan fingerprint density at radius 1 is 1.19 bits per heavy atom. The van der Waals surface area contributed by atoms with Gasteiger partial charge in [0, 0.05) is 17.3 Å².